The first kappa shape index (κ1) is 16.5. The van der Waals surface area contributed by atoms with Gasteiger partial charge in [-0.15, -0.1) is 0 Å². The van der Waals surface area contributed by atoms with Gasteiger partial charge < -0.3 is 16.5 Å². The van der Waals surface area contributed by atoms with Crippen LogP contribution in [0.2, 0.25) is 5.15 Å². The van der Waals surface area contributed by atoms with Crippen molar-refractivity contribution >= 4 is 28.3 Å². The molecule has 0 unspecified atom stereocenters. The van der Waals surface area contributed by atoms with Crippen LogP contribution in [-0.4, -0.2) is 19.9 Å². The van der Waals surface area contributed by atoms with Gasteiger partial charge in [-0.1, -0.05) is 48.0 Å². The fraction of sp³-hybridized carbons (Fsp3) is 0.105. The normalized spacial score (nSPS) is 12.4. The Balaban J connectivity index is 1.66. The third-order valence-corrected chi connectivity index (χ3v) is 4.54. The highest BCUT2D eigenvalue weighted by atomic mass is 35.5. The molecule has 130 valence electrons. The van der Waals surface area contributed by atoms with Gasteiger partial charge in [0, 0.05) is 10.9 Å². The van der Waals surface area contributed by atoms with Crippen LogP contribution in [0.3, 0.4) is 0 Å². The van der Waals surface area contributed by atoms with Crippen molar-refractivity contribution in [2.75, 3.05) is 5.73 Å². The molecule has 0 saturated heterocycles. The van der Waals surface area contributed by atoms with Gasteiger partial charge in [-0.2, -0.15) is 0 Å². The minimum atomic E-state index is -0.276. The number of halogens is 1. The van der Waals surface area contributed by atoms with E-state index in [9.17, 15) is 0 Å². The Hall–Kier alpha value is -2.96. The number of aromatic amines is 1. The van der Waals surface area contributed by atoms with Crippen LogP contribution >= 0.6 is 11.6 Å². The lowest BCUT2D eigenvalue weighted by Crippen LogP contribution is -2.15. The third-order valence-electron chi connectivity index (χ3n) is 4.27. The number of rotatable bonds is 4. The molecule has 0 amide bonds. The number of H-pyrrole nitrogens is 1. The maximum atomic E-state index is 6.38. The van der Waals surface area contributed by atoms with Gasteiger partial charge in [-0.3, -0.25) is 0 Å². The summed E-state index contributed by atoms with van der Waals surface area (Å²) in [4.78, 5) is 16.0. The maximum Gasteiger partial charge on any atom is 0.134 e. The molecule has 6 nitrogen and oxygen atoms in total. The Morgan fingerprint density at radius 1 is 1.08 bits per heavy atom. The molecule has 7 heteroatoms. The molecule has 26 heavy (non-hydrogen) atoms. The van der Waals surface area contributed by atoms with Crippen molar-refractivity contribution in [2.24, 2.45) is 5.73 Å². The smallest absolute Gasteiger partial charge is 0.134 e. The van der Waals surface area contributed by atoms with Crippen LogP contribution in [0.1, 0.15) is 17.4 Å². The maximum absolute atomic E-state index is 6.38. The standard InChI is InChI=1S/C19H17ClN6/c20-17-16(12-6-7-13-15(9-12)23-10-24-18(13)22)25-19(26-17)14(21)8-11-4-2-1-3-5-11/h1-7,9-10,14H,8,21H2,(H,25,26)(H2,22,23,24)/t14-/m0/s1. The molecular formula is C19H17ClN6. The number of nitrogen functional groups attached to an aromatic ring is 1. The van der Waals surface area contributed by atoms with Crippen LogP contribution < -0.4 is 11.5 Å². The summed E-state index contributed by atoms with van der Waals surface area (Å²) in [5.41, 5.74) is 15.6. The number of hydrogen-bond acceptors (Lipinski definition) is 5. The SMILES string of the molecule is Nc1ncnc2cc(-c3nc([C@@H](N)Cc4ccccc4)[nH]c3Cl)ccc12. The lowest BCUT2D eigenvalue weighted by Gasteiger charge is -2.08. The molecule has 4 aromatic rings. The van der Waals surface area contributed by atoms with Gasteiger partial charge in [0.05, 0.1) is 11.6 Å². The second kappa shape index (κ2) is 6.74. The van der Waals surface area contributed by atoms with E-state index in [4.69, 9.17) is 23.1 Å². The van der Waals surface area contributed by atoms with E-state index in [2.05, 4.69) is 19.9 Å². The summed E-state index contributed by atoms with van der Waals surface area (Å²) in [5.74, 6) is 1.09. The topological polar surface area (TPSA) is 106 Å². The lowest BCUT2D eigenvalue weighted by atomic mass is 10.1. The number of benzene rings is 2. The minimum absolute atomic E-state index is 0.276. The van der Waals surface area contributed by atoms with Gasteiger partial charge in [-0.25, -0.2) is 15.0 Å². The molecule has 0 aliphatic rings. The Morgan fingerprint density at radius 2 is 1.88 bits per heavy atom. The molecule has 5 N–H and O–H groups in total. The highest BCUT2D eigenvalue weighted by molar-refractivity contribution is 6.32. The van der Waals surface area contributed by atoms with E-state index < -0.39 is 0 Å². The minimum Gasteiger partial charge on any atom is -0.383 e. The van der Waals surface area contributed by atoms with Crippen LogP contribution in [0.15, 0.2) is 54.9 Å². The van der Waals surface area contributed by atoms with E-state index in [1.165, 1.54) is 6.33 Å². The van der Waals surface area contributed by atoms with E-state index >= 15 is 0 Å². The Bertz CT molecular complexity index is 1060. The monoisotopic (exact) mass is 364 g/mol. The van der Waals surface area contributed by atoms with Crippen LogP contribution in [0.5, 0.6) is 0 Å². The second-order valence-electron chi connectivity index (χ2n) is 6.07. The van der Waals surface area contributed by atoms with Crippen LogP contribution in [0.25, 0.3) is 22.2 Å². The first-order valence-electron chi connectivity index (χ1n) is 8.17. The average Bonchev–Trinajstić information content (AvgIpc) is 3.04. The molecule has 0 fully saturated rings. The van der Waals surface area contributed by atoms with Gasteiger partial charge >= 0.3 is 0 Å². The van der Waals surface area contributed by atoms with Gasteiger partial charge in [0.25, 0.3) is 0 Å². The third kappa shape index (κ3) is 3.12. The van der Waals surface area contributed by atoms with E-state index in [1.807, 2.05) is 48.5 Å². The molecule has 2 heterocycles. The fourth-order valence-corrected chi connectivity index (χ4v) is 3.17. The van der Waals surface area contributed by atoms with Gasteiger partial charge in [0.15, 0.2) is 0 Å². The molecule has 2 aromatic carbocycles. The van der Waals surface area contributed by atoms with Crippen LogP contribution in [-0.2, 0) is 6.42 Å². The number of fused-ring (bicyclic) bond motifs is 1. The molecule has 0 radical (unpaired) electrons. The number of aromatic nitrogens is 4. The van der Waals surface area contributed by atoms with Crippen molar-refractivity contribution in [2.45, 2.75) is 12.5 Å². The highest BCUT2D eigenvalue weighted by Gasteiger charge is 2.17. The summed E-state index contributed by atoms with van der Waals surface area (Å²) in [6.45, 7) is 0. The number of anilines is 1. The van der Waals surface area contributed by atoms with E-state index in [0.29, 0.717) is 28.9 Å². The number of hydrogen-bond donors (Lipinski definition) is 3. The largest absolute Gasteiger partial charge is 0.383 e. The summed E-state index contributed by atoms with van der Waals surface area (Å²) < 4.78 is 0. The number of imidazole rings is 1. The van der Waals surface area contributed by atoms with Gasteiger partial charge in [0.1, 0.15) is 28.8 Å². The zero-order valence-electron chi connectivity index (χ0n) is 13.9. The molecule has 0 aliphatic carbocycles. The molecular weight excluding hydrogens is 348 g/mol. The molecule has 0 saturated carbocycles. The van der Waals surface area contributed by atoms with Crippen LogP contribution in [0.4, 0.5) is 5.82 Å². The van der Waals surface area contributed by atoms with Gasteiger partial charge in [0.2, 0.25) is 0 Å². The summed E-state index contributed by atoms with van der Waals surface area (Å²) in [5, 5.41) is 1.24. The van der Waals surface area contributed by atoms with Gasteiger partial charge in [-0.05, 0) is 24.1 Å². The summed E-state index contributed by atoms with van der Waals surface area (Å²) >= 11 is 6.38. The van der Waals surface area contributed by atoms with Crippen LogP contribution in [0, 0.1) is 0 Å². The molecule has 1 atom stereocenters. The second-order valence-corrected chi connectivity index (χ2v) is 6.45. The zero-order valence-corrected chi connectivity index (χ0v) is 14.6. The molecule has 2 aromatic heterocycles. The zero-order chi connectivity index (χ0) is 18.1. The fourth-order valence-electron chi connectivity index (χ4n) is 2.93. The van der Waals surface area contributed by atoms with E-state index in [0.717, 1.165) is 22.0 Å². The summed E-state index contributed by atoms with van der Waals surface area (Å²) in [6.07, 6.45) is 2.11. The van der Waals surface area contributed by atoms with Crippen molar-refractivity contribution in [3.63, 3.8) is 0 Å². The lowest BCUT2D eigenvalue weighted by molar-refractivity contribution is 0.678. The van der Waals surface area contributed by atoms with Crippen molar-refractivity contribution in [1.82, 2.24) is 19.9 Å². The predicted octanol–water partition coefficient (Wildman–Crippen LogP) is 3.50. The van der Waals surface area contributed by atoms with Crippen molar-refractivity contribution in [1.29, 1.82) is 0 Å². The highest BCUT2D eigenvalue weighted by Crippen LogP contribution is 2.30. The average molecular weight is 365 g/mol. The molecule has 0 bridgehead atoms. The van der Waals surface area contributed by atoms with Crippen molar-refractivity contribution in [3.05, 3.63) is 71.4 Å². The Labute approximate surface area is 155 Å². The first-order chi connectivity index (χ1) is 12.6. The number of nitrogens with zero attached hydrogens (tertiary/aromatic N) is 3. The van der Waals surface area contributed by atoms with E-state index in [1.54, 1.807) is 0 Å². The summed E-state index contributed by atoms with van der Waals surface area (Å²) in [7, 11) is 0. The number of nitrogens with one attached hydrogen (secondary N) is 1. The Morgan fingerprint density at radius 3 is 2.69 bits per heavy atom. The number of nitrogens with two attached hydrogens (primary N) is 2. The molecule has 4 rings (SSSR count). The van der Waals surface area contributed by atoms with E-state index in [-0.39, 0.29) is 6.04 Å². The molecule has 0 aliphatic heterocycles. The Kier molecular flexibility index (Phi) is 4.28. The summed E-state index contributed by atoms with van der Waals surface area (Å²) in [6, 6.07) is 15.4. The molecule has 0 spiro atoms. The quantitative estimate of drug-likeness (QED) is 0.513. The predicted molar refractivity (Wildman–Crippen MR) is 104 cm³/mol. The van der Waals surface area contributed by atoms with Crippen molar-refractivity contribution in [3.8, 4) is 11.3 Å². The first-order valence-corrected chi connectivity index (χ1v) is 8.55. The van der Waals surface area contributed by atoms with Crippen molar-refractivity contribution < 1.29 is 0 Å².